The molecule has 0 radical (unpaired) electrons. The van der Waals surface area contributed by atoms with E-state index in [9.17, 15) is 13.2 Å². The maximum absolute atomic E-state index is 12.1. The molecule has 0 aliphatic rings. The van der Waals surface area contributed by atoms with Crippen LogP contribution in [0.4, 0.5) is 0 Å². The molecule has 8 nitrogen and oxygen atoms in total. The summed E-state index contributed by atoms with van der Waals surface area (Å²) >= 11 is 0. The molecule has 2 aromatic rings. The van der Waals surface area contributed by atoms with E-state index < -0.39 is 15.9 Å². The first-order valence-corrected chi connectivity index (χ1v) is 6.67. The molecule has 0 saturated carbocycles. The van der Waals surface area contributed by atoms with Crippen molar-refractivity contribution in [3.63, 3.8) is 0 Å². The molecule has 0 aliphatic carbocycles. The minimum Gasteiger partial charge on any atom is -0.263 e. The Morgan fingerprint density at radius 2 is 2.00 bits per heavy atom. The average Bonchev–Trinajstić information content (AvgIpc) is 2.32. The minimum absolute atomic E-state index is 0.270. The van der Waals surface area contributed by atoms with E-state index in [-0.39, 0.29) is 5.39 Å². The largest absolute Gasteiger partial charge is 0.404 e. The van der Waals surface area contributed by atoms with Crippen LogP contribution < -0.4 is 9.84 Å². The van der Waals surface area contributed by atoms with Gasteiger partial charge in [-0.25, -0.2) is 0 Å². The molecule has 2 rings (SSSR count). The van der Waals surface area contributed by atoms with Crippen molar-refractivity contribution in [1.29, 1.82) is 0 Å². The molecule has 19 heavy (non-hydrogen) atoms. The van der Waals surface area contributed by atoms with Gasteiger partial charge in [-0.2, -0.15) is 12.7 Å². The van der Waals surface area contributed by atoms with Crippen LogP contribution in [0.2, 0.25) is 0 Å². The first-order chi connectivity index (χ1) is 8.83. The smallest absolute Gasteiger partial charge is 0.263 e. The van der Waals surface area contributed by atoms with E-state index in [4.69, 9.17) is 0 Å². The second-order valence-electron chi connectivity index (χ2n) is 4.05. The van der Waals surface area contributed by atoms with Crippen LogP contribution in [0.3, 0.4) is 0 Å². The first-order valence-electron chi connectivity index (χ1n) is 5.30. The van der Waals surface area contributed by atoms with Gasteiger partial charge in [-0.3, -0.25) is 9.08 Å². The second kappa shape index (κ2) is 4.59. The number of rotatable bonds is 3. The van der Waals surface area contributed by atoms with Gasteiger partial charge in [0.15, 0.2) is 0 Å². The fraction of sp³-hybridized carbons (Fsp3) is 0.300. The summed E-state index contributed by atoms with van der Waals surface area (Å²) in [6.07, 6.45) is 0. The van der Waals surface area contributed by atoms with Crippen LogP contribution in [0.15, 0.2) is 23.0 Å². The quantitative estimate of drug-likeness (QED) is 0.742. The van der Waals surface area contributed by atoms with Gasteiger partial charge < -0.3 is 0 Å². The first kappa shape index (κ1) is 13.4. The third-order valence-corrected chi connectivity index (χ3v) is 3.71. The number of aromatic nitrogens is 3. The number of hydrogen-bond donors (Lipinski definition) is 0. The number of fused-ring (bicyclic) bond motifs is 1. The van der Waals surface area contributed by atoms with Crippen molar-refractivity contribution in [2.24, 2.45) is 0 Å². The topological polar surface area (TPSA) is 94.4 Å². The van der Waals surface area contributed by atoms with Gasteiger partial charge in [-0.15, -0.1) is 5.10 Å². The molecule has 0 aliphatic heterocycles. The van der Waals surface area contributed by atoms with Crippen molar-refractivity contribution in [3.05, 3.63) is 34.1 Å². The summed E-state index contributed by atoms with van der Waals surface area (Å²) in [6, 6.07) is 5.06. The van der Waals surface area contributed by atoms with E-state index in [0.717, 1.165) is 4.31 Å². The molecule has 1 heterocycles. The van der Waals surface area contributed by atoms with E-state index in [0.29, 0.717) is 15.9 Å². The van der Waals surface area contributed by atoms with Crippen LogP contribution in [0.1, 0.15) is 5.56 Å². The highest BCUT2D eigenvalue weighted by atomic mass is 32.2. The molecule has 0 N–H and O–H groups in total. The minimum atomic E-state index is -4.06. The lowest BCUT2D eigenvalue weighted by Crippen LogP contribution is -2.39. The summed E-state index contributed by atoms with van der Waals surface area (Å²) in [4.78, 5) is 12.5. The predicted octanol–water partition coefficient (Wildman–Crippen LogP) is -0.665. The lowest BCUT2D eigenvalue weighted by atomic mass is 10.1. The molecule has 0 bridgehead atoms. The molecule has 0 unspecified atom stereocenters. The van der Waals surface area contributed by atoms with Crippen LogP contribution >= 0.6 is 0 Å². The normalized spacial score (nSPS) is 12.0. The summed E-state index contributed by atoms with van der Waals surface area (Å²) in [5.74, 6) is 0. The number of hydrogen-bond acceptors (Lipinski definition) is 6. The van der Waals surface area contributed by atoms with Gasteiger partial charge in [0.05, 0.1) is 5.39 Å². The fourth-order valence-electron chi connectivity index (χ4n) is 1.44. The Morgan fingerprint density at radius 3 is 2.63 bits per heavy atom. The Hall–Kier alpha value is -2.00. The molecular weight excluding hydrogens is 272 g/mol. The summed E-state index contributed by atoms with van der Waals surface area (Å²) in [7, 11) is -1.51. The lowest BCUT2D eigenvalue weighted by molar-refractivity contribution is 0.199. The maximum Gasteiger partial charge on any atom is 0.404 e. The number of aryl methyl sites for hydroxylation is 1. The third kappa shape index (κ3) is 2.42. The summed E-state index contributed by atoms with van der Waals surface area (Å²) in [5, 5.41) is 7.46. The second-order valence-corrected chi connectivity index (χ2v) is 5.79. The van der Waals surface area contributed by atoms with Gasteiger partial charge in [0.2, 0.25) is 0 Å². The van der Waals surface area contributed by atoms with Gasteiger partial charge in [-0.05, 0) is 28.6 Å². The Kier molecular flexibility index (Phi) is 3.25. The van der Waals surface area contributed by atoms with Crippen molar-refractivity contribution >= 4 is 21.2 Å². The Labute approximate surface area is 109 Å². The van der Waals surface area contributed by atoms with E-state index in [1.165, 1.54) is 14.1 Å². The van der Waals surface area contributed by atoms with E-state index in [1.54, 1.807) is 25.1 Å². The number of nitrogens with zero attached hydrogens (tertiary/aromatic N) is 4. The molecule has 102 valence electrons. The van der Waals surface area contributed by atoms with Crippen molar-refractivity contribution in [2.75, 3.05) is 14.1 Å². The molecule has 0 amide bonds. The highest BCUT2D eigenvalue weighted by molar-refractivity contribution is 7.84. The van der Waals surface area contributed by atoms with E-state index >= 15 is 0 Å². The maximum atomic E-state index is 12.1. The van der Waals surface area contributed by atoms with Crippen LogP contribution in [0.25, 0.3) is 10.9 Å². The van der Waals surface area contributed by atoms with Gasteiger partial charge in [-0.1, -0.05) is 12.1 Å². The van der Waals surface area contributed by atoms with Crippen molar-refractivity contribution in [1.82, 2.24) is 19.5 Å². The molecule has 0 atom stereocenters. The highest BCUT2D eigenvalue weighted by Crippen LogP contribution is 2.10. The molecule has 0 fully saturated rings. The number of benzene rings is 1. The SMILES string of the molecule is Cc1cccc2nnn(OS(=O)(=O)N(C)C)c(=O)c12. The Morgan fingerprint density at radius 1 is 1.32 bits per heavy atom. The predicted molar refractivity (Wildman–Crippen MR) is 67.7 cm³/mol. The molecular formula is C10H12N4O4S. The Bertz CT molecular complexity index is 782. The van der Waals surface area contributed by atoms with Crippen LogP contribution in [0, 0.1) is 6.92 Å². The van der Waals surface area contributed by atoms with Gasteiger partial charge in [0.1, 0.15) is 5.52 Å². The summed E-state index contributed by atoms with van der Waals surface area (Å²) in [5.41, 5.74) is 0.373. The average molecular weight is 284 g/mol. The molecule has 0 saturated heterocycles. The molecule has 0 spiro atoms. The van der Waals surface area contributed by atoms with Crippen LogP contribution in [-0.4, -0.2) is 42.0 Å². The third-order valence-electron chi connectivity index (χ3n) is 2.48. The standard InChI is InChI=1S/C10H12N4O4S/c1-7-5-4-6-8-9(7)10(15)14(12-11-8)18-19(16,17)13(2)3/h4-6H,1-3H3. The van der Waals surface area contributed by atoms with Gasteiger partial charge >= 0.3 is 15.9 Å². The zero-order valence-corrected chi connectivity index (χ0v) is 11.4. The van der Waals surface area contributed by atoms with Gasteiger partial charge in [0, 0.05) is 14.1 Å². The molecule has 1 aromatic carbocycles. The zero-order valence-electron chi connectivity index (χ0n) is 10.6. The van der Waals surface area contributed by atoms with Gasteiger partial charge in [0.25, 0.3) is 0 Å². The summed E-state index contributed by atoms with van der Waals surface area (Å²) < 4.78 is 28.5. The van der Waals surface area contributed by atoms with Crippen molar-refractivity contribution in [2.45, 2.75) is 6.92 Å². The van der Waals surface area contributed by atoms with E-state index in [1.807, 2.05) is 0 Å². The molecule has 1 aromatic heterocycles. The molecule has 9 heteroatoms. The lowest BCUT2D eigenvalue weighted by Gasteiger charge is -2.11. The highest BCUT2D eigenvalue weighted by Gasteiger charge is 2.19. The van der Waals surface area contributed by atoms with Crippen molar-refractivity contribution in [3.8, 4) is 0 Å². The Balaban J connectivity index is 2.62. The van der Waals surface area contributed by atoms with Crippen LogP contribution in [0.5, 0.6) is 0 Å². The summed E-state index contributed by atoms with van der Waals surface area (Å²) in [6.45, 7) is 1.72. The van der Waals surface area contributed by atoms with Crippen LogP contribution in [-0.2, 0) is 10.3 Å². The van der Waals surface area contributed by atoms with Crippen molar-refractivity contribution < 1.29 is 12.7 Å². The monoisotopic (exact) mass is 284 g/mol. The van der Waals surface area contributed by atoms with E-state index in [2.05, 4.69) is 14.6 Å². The zero-order chi connectivity index (χ0) is 14.2. The fourth-order valence-corrected chi connectivity index (χ4v) is 1.85.